The van der Waals surface area contributed by atoms with Gasteiger partial charge in [-0.15, -0.1) is 0 Å². The van der Waals surface area contributed by atoms with Crippen molar-refractivity contribution in [3.8, 4) is 0 Å². The van der Waals surface area contributed by atoms with Crippen molar-refractivity contribution in [3.63, 3.8) is 0 Å². The second-order valence-corrected chi connectivity index (χ2v) is 28.1. The molecule has 0 radical (unpaired) electrons. The van der Waals surface area contributed by atoms with Crippen LogP contribution in [0.3, 0.4) is 0 Å². The van der Waals surface area contributed by atoms with Crippen molar-refractivity contribution < 1.29 is 80.2 Å². The summed E-state index contributed by atoms with van der Waals surface area (Å²) in [7, 11) is -9.89. The fourth-order valence-electron chi connectivity index (χ4n) is 10.1. The number of hydrogen-bond donors (Lipinski definition) is 3. The molecule has 3 N–H and O–H groups in total. The van der Waals surface area contributed by atoms with Crippen molar-refractivity contribution >= 4 is 39.5 Å². The number of aliphatic hydroxyl groups is 1. The van der Waals surface area contributed by atoms with Gasteiger partial charge in [0.05, 0.1) is 26.4 Å². The van der Waals surface area contributed by atoms with Crippen molar-refractivity contribution in [2.75, 3.05) is 39.6 Å². The molecule has 17 nitrogen and oxygen atoms in total. The number of carbonyl (C=O) groups is 4. The van der Waals surface area contributed by atoms with Crippen LogP contribution in [0.25, 0.3) is 0 Å². The molecule has 0 saturated heterocycles. The number of rotatable bonds is 66. The largest absolute Gasteiger partial charge is 0.472 e. The predicted octanol–water partition coefficient (Wildman–Crippen LogP) is 18.8. The van der Waals surface area contributed by atoms with Crippen molar-refractivity contribution in [3.05, 3.63) is 0 Å². The van der Waals surface area contributed by atoms with E-state index in [1.807, 2.05) is 0 Å². The topological polar surface area (TPSA) is 237 Å². The Balaban J connectivity index is 5.21. The molecule has 5 atom stereocenters. The molecule has 0 bridgehead atoms. The first kappa shape index (κ1) is 84.1. The summed E-state index contributed by atoms with van der Waals surface area (Å²) in [5.74, 6) is -0.652. The number of ether oxygens (including phenoxy) is 4. The average Bonchev–Trinajstić information content (AvgIpc) is 3.54. The molecule has 0 fully saturated rings. The van der Waals surface area contributed by atoms with Crippen LogP contribution in [-0.2, 0) is 65.4 Å². The maximum Gasteiger partial charge on any atom is 0.472 e. The minimum absolute atomic E-state index is 0.105. The molecule has 510 valence electrons. The highest BCUT2D eigenvalue weighted by molar-refractivity contribution is 7.47. The smallest absolute Gasteiger partial charge is 0.462 e. The zero-order valence-electron chi connectivity index (χ0n) is 55.6. The van der Waals surface area contributed by atoms with Crippen molar-refractivity contribution in [2.45, 2.75) is 355 Å². The lowest BCUT2D eigenvalue weighted by Gasteiger charge is -2.21. The molecule has 0 aromatic rings. The van der Waals surface area contributed by atoms with E-state index in [4.69, 9.17) is 37.0 Å². The first-order chi connectivity index (χ1) is 41.4. The minimum Gasteiger partial charge on any atom is -0.462 e. The Hall–Kier alpha value is -1.94. The molecule has 19 heteroatoms. The lowest BCUT2D eigenvalue weighted by Crippen LogP contribution is -2.30. The SMILES string of the molecule is CCCCCCCCCCCCCCCCCC(=O)O[C@H](COC(=O)CCCCCCCCCCCC(C)C)COP(=O)(O)OC[C@@H](O)COP(=O)(O)OC[C@@H](COC(=O)CCCCCCCCC)OC(=O)CCCCCCCCCCCC(C)C. The standard InChI is InChI=1S/C67H130O17P2/c1-7-9-11-13-15-16-17-18-19-20-21-26-33-39-45-51-66(71)84-63(56-78-65(70)50-44-38-32-27-22-24-30-35-41-47-59(3)4)58-82-86(75,76)80-54-61(68)53-79-85(73,74)81-57-62(55-77-64(69)49-43-37-29-14-12-10-8-2)83-67(72)52-46-40-34-28-23-25-31-36-42-48-60(5)6/h59-63,68H,7-58H2,1-6H3,(H,73,74)(H,75,76)/t61-,62+,63+/m0/s1. The highest BCUT2D eigenvalue weighted by Crippen LogP contribution is 2.45. The molecule has 86 heavy (non-hydrogen) atoms. The van der Waals surface area contributed by atoms with Crippen molar-refractivity contribution in [1.82, 2.24) is 0 Å². The zero-order valence-corrected chi connectivity index (χ0v) is 57.4. The molecule has 0 saturated carbocycles. The molecule has 0 heterocycles. The molecule has 2 unspecified atom stereocenters. The molecule has 0 aromatic heterocycles. The Morgan fingerprint density at radius 2 is 0.535 bits per heavy atom. The summed E-state index contributed by atoms with van der Waals surface area (Å²) >= 11 is 0. The predicted molar refractivity (Wildman–Crippen MR) is 345 cm³/mol. The zero-order chi connectivity index (χ0) is 63.6. The number of unbranched alkanes of at least 4 members (excludes halogenated alkanes) is 36. The quantitative estimate of drug-likeness (QED) is 0.0222. The summed E-state index contributed by atoms with van der Waals surface area (Å²) < 4.78 is 68.1. The van der Waals surface area contributed by atoms with E-state index in [1.165, 1.54) is 141 Å². The lowest BCUT2D eigenvalue weighted by molar-refractivity contribution is -0.161. The fourth-order valence-corrected chi connectivity index (χ4v) is 11.6. The number of phosphoric ester groups is 2. The molecule has 0 aromatic carbocycles. The average molecular weight is 1270 g/mol. The van der Waals surface area contributed by atoms with Crippen LogP contribution in [0.15, 0.2) is 0 Å². The van der Waals surface area contributed by atoms with Crippen LogP contribution in [-0.4, -0.2) is 96.7 Å². The van der Waals surface area contributed by atoms with Gasteiger partial charge in [-0.25, -0.2) is 9.13 Å². The van der Waals surface area contributed by atoms with E-state index in [-0.39, 0.29) is 25.7 Å². The number of phosphoric acid groups is 2. The summed E-state index contributed by atoms with van der Waals surface area (Å²) in [5.41, 5.74) is 0. The third-order valence-electron chi connectivity index (χ3n) is 15.5. The summed E-state index contributed by atoms with van der Waals surface area (Å²) in [5, 5.41) is 10.6. The van der Waals surface area contributed by atoms with Gasteiger partial charge in [-0.3, -0.25) is 37.3 Å². The molecule has 0 aliphatic rings. The minimum atomic E-state index is -4.95. The van der Waals surface area contributed by atoms with E-state index < -0.39 is 97.5 Å². The number of aliphatic hydroxyl groups excluding tert-OH is 1. The summed E-state index contributed by atoms with van der Waals surface area (Å²) in [4.78, 5) is 72.3. The van der Waals surface area contributed by atoms with Crippen LogP contribution in [0.2, 0.25) is 0 Å². The summed E-state index contributed by atoms with van der Waals surface area (Å²) in [6, 6.07) is 0. The molecule has 0 aliphatic heterocycles. The molecular formula is C67H130O17P2. The number of esters is 4. The van der Waals surface area contributed by atoms with E-state index in [1.54, 1.807) is 0 Å². The highest BCUT2D eigenvalue weighted by atomic mass is 31.2. The van der Waals surface area contributed by atoms with E-state index in [9.17, 15) is 43.2 Å². The Morgan fingerprint density at radius 1 is 0.314 bits per heavy atom. The van der Waals surface area contributed by atoms with Gasteiger partial charge in [-0.05, 0) is 37.5 Å². The van der Waals surface area contributed by atoms with E-state index >= 15 is 0 Å². The van der Waals surface area contributed by atoms with Gasteiger partial charge in [0.1, 0.15) is 19.3 Å². The van der Waals surface area contributed by atoms with Crippen LogP contribution in [0.5, 0.6) is 0 Å². The molecule has 0 aliphatic carbocycles. The van der Waals surface area contributed by atoms with Gasteiger partial charge in [-0.2, -0.15) is 0 Å². The van der Waals surface area contributed by atoms with Gasteiger partial charge in [0, 0.05) is 25.7 Å². The second-order valence-electron chi connectivity index (χ2n) is 25.2. The lowest BCUT2D eigenvalue weighted by atomic mass is 10.0. The van der Waals surface area contributed by atoms with Gasteiger partial charge in [0.25, 0.3) is 0 Å². The maximum absolute atomic E-state index is 13.0. The molecular weight excluding hydrogens is 1140 g/mol. The maximum atomic E-state index is 13.0. The van der Waals surface area contributed by atoms with Crippen molar-refractivity contribution in [1.29, 1.82) is 0 Å². The Kier molecular flexibility index (Phi) is 58.0. The van der Waals surface area contributed by atoms with Gasteiger partial charge in [0.15, 0.2) is 12.2 Å². The highest BCUT2D eigenvalue weighted by Gasteiger charge is 2.30. The first-order valence-corrected chi connectivity index (χ1v) is 38.0. The summed E-state index contributed by atoms with van der Waals surface area (Å²) in [6.45, 7) is 9.44. The molecule has 0 rings (SSSR count). The second kappa shape index (κ2) is 59.4. The van der Waals surface area contributed by atoms with E-state index in [0.717, 1.165) is 115 Å². The first-order valence-electron chi connectivity index (χ1n) is 35.0. The third-order valence-corrected chi connectivity index (χ3v) is 17.4. The van der Waals surface area contributed by atoms with Crippen LogP contribution in [0.4, 0.5) is 0 Å². The Labute approximate surface area is 524 Å². The van der Waals surface area contributed by atoms with Gasteiger partial charge in [0.2, 0.25) is 0 Å². The van der Waals surface area contributed by atoms with Gasteiger partial charge >= 0.3 is 39.5 Å². The van der Waals surface area contributed by atoms with E-state index in [0.29, 0.717) is 25.7 Å². The van der Waals surface area contributed by atoms with Gasteiger partial charge < -0.3 is 33.8 Å². The van der Waals surface area contributed by atoms with Crippen LogP contribution in [0, 0.1) is 11.8 Å². The third kappa shape index (κ3) is 60.9. The van der Waals surface area contributed by atoms with Gasteiger partial charge in [-0.1, -0.05) is 286 Å². The van der Waals surface area contributed by atoms with Crippen molar-refractivity contribution in [2.24, 2.45) is 11.8 Å². The van der Waals surface area contributed by atoms with E-state index in [2.05, 4.69) is 41.5 Å². The Morgan fingerprint density at radius 3 is 0.791 bits per heavy atom. The normalized spacial score (nSPS) is 14.2. The fraction of sp³-hybridized carbons (Fsp3) is 0.940. The van der Waals surface area contributed by atoms with Crippen LogP contribution in [0.1, 0.15) is 337 Å². The molecule has 0 spiro atoms. The van der Waals surface area contributed by atoms with Crippen LogP contribution >= 0.6 is 15.6 Å². The molecule has 0 amide bonds. The summed E-state index contributed by atoms with van der Waals surface area (Å²) in [6.07, 6.45) is 43.2. The Bertz CT molecular complexity index is 1680. The number of hydrogen-bond acceptors (Lipinski definition) is 15. The monoisotopic (exact) mass is 1270 g/mol. The van der Waals surface area contributed by atoms with Crippen LogP contribution < -0.4 is 0 Å². The number of carbonyl (C=O) groups excluding carboxylic acids is 4.